The maximum Gasteiger partial charge on any atom is 0.417 e. The maximum absolute atomic E-state index is 13.2. The summed E-state index contributed by atoms with van der Waals surface area (Å²) in [7, 11) is 0. The van der Waals surface area contributed by atoms with Gasteiger partial charge in [0.1, 0.15) is 0 Å². The van der Waals surface area contributed by atoms with Gasteiger partial charge in [0.2, 0.25) is 0 Å². The first kappa shape index (κ1) is 20.4. The number of anilines is 1. The van der Waals surface area contributed by atoms with E-state index in [0.717, 1.165) is 18.5 Å². The van der Waals surface area contributed by atoms with Gasteiger partial charge in [0.15, 0.2) is 0 Å². The van der Waals surface area contributed by atoms with Crippen LogP contribution in [-0.4, -0.2) is 10.9 Å². The van der Waals surface area contributed by atoms with Crippen LogP contribution in [0.1, 0.15) is 21.5 Å². The standard InChI is InChI=1S/C20H12F6N2O/c21-19(22,23)16-4-2-1-3-14(16)12-5-7-13(8-6-12)28-18(29)15-11-27-10-9-17(15)20(24,25)26/h1-11H,(H,28,29). The van der Waals surface area contributed by atoms with Gasteiger partial charge in [-0.2, -0.15) is 26.3 Å². The number of hydrogen-bond donors (Lipinski definition) is 1. The fraction of sp³-hybridized carbons (Fsp3) is 0.100. The molecule has 3 aromatic rings. The van der Waals surface area contributed by atoms with E-state index in [1.165, 1.54) is 42.5 Å². The molecule has 1 N–H and O–H groups in total. The number of halogens is 6. The Bertz CT molecular complexity index is 1030. The summed E-state index contributed by atoms with van der Waals surface area (Å²) >= 11 is 0. The van der Waals surface area contributed by atoms with Crippen LogP contribution in [0, 0.1) is 0 Å². The van der Waals surface area contributed by atoms with Gasteiger partial charge < -0.3 is 5.32 Å². The first-order valence-corrected chi connectivity index (χ1v) is 8.16. The fourth-order valence-corrected chi connectivity index (χ4v) is 2.74. The van der Waals surface area contributed by atoms with Gasteiger partial charge in [-0.3, -0.25) is 9.78 Å². The summed E-state index contributed by atoms with van der Waals surface area (Å²) in [5.74, 6) is -1.03. The lowest BCUT2D eigenvalue weighted by molar-refractivity contribution is -0.138. The van der Waals surface area contributed by atoms with Gasteiger partial charge in [-0.25, -0.2) is 0 Å². The highest BCUT2D eigenvalue weighted by Crippen LogP contribution is 2.37. The van der Waals surface area contributed by atoms with Crippen LogP contribution in [0.3, 0.4) is 0 Å². The van der Waals surface area contributed by atoms with Crippen molar-refractivity contribution in [2.45, 2.75) is 12.4 Å². The van der Waals surface area contributed by atoms with Crippen LogP contribution in [0.15, 0.2) is 67.0 Å². The van der Waals surface area contributed by atoms with Crippen LogP contribution in [0.4, 0.5) is 32.0 Å². The van der Waals surface area contributed by atoms with Crippen molar-refractivity contribution in [1.29, 1.82) is 0 Å². The minimum absolute atomic E-state index is 0.0514. The quantitative estimate of drug-likeness (QED) is 0.535. The molecular formula is C20H12F6N2O. The summed E-state index contributed by atoms with van der Waals surface area (Å²) in [6.45, 7) is 0. The van der Waals surface area contributed by atoms with E-state index in [1.54, 1.807) is 0 Å². The molecule has 1 amide bonds. The van der Waals surface area contributed by atoms with E-state index in [1.807, 2.05) is 0 Å². The molecule has 2 aromatic carbocycles. The molecule has 0 atom stereocenters. The molecule has 0 fully saturated rings. The Morgan fingerprint density at radius 1 is 0.793 bits per heavy atom. The van der Waals surface area contributed by atoms with Gasteiger partial charge in [-0.15, -0.1) is 0 Å². The highest BCUT2D eigenvalue weighted by Gasteiger charge is 2.35. The molecule has 150 valence electrons. The molecular weight excluding hydrogens is 398 g/mol. The zero-order valence-electron chi connectivity index (χ0n) is 14.5. The third-order valence-corrected chi connectivity index (χ3v) is 4.06. The number of hydrogen-bond acceptors (Lipinski definition) is 2. The number of rotatable bonds is 3. The van der Waals surface area contributed by atoms with E-state index in [2.05, 4.69) is 10.3 Å². The summed E-state index contributed by atoms with van der Waals surface area (Å²) < 4.78 is 78.5. The van der Waals surface area contributed by atoms with E-state index >= 15 is 0 Å². The molecule has 0 radical (unpaired) electrons. The maximum atomic E-state index is 13.2. The van der Waals surface area contributed by atoms with Crippen LogP contribution in [0.2, 0.25) is 0 Å². The van der Waals surface area contributed by atoms with Crippen LogP contribution in [0.5, 0.6) is 0 Å². The third-order valence-electron chi connectivity index (χ3n) is 4.06. The Morgan fingerprint density at radius 2 is 1.41 bits per heavy atom. The zero-order chi connectivity index (χ0) is 21.2. The largest absolute Gasteiger partial charge is 0.417 e. The number of carbonyl (C=O) groups is 1. The molecule has 1 heterocycles. The Balaban J connectivity index is 1.86. The van der Waals surface area contributed by atoms with Crippen molar-refractivity contribution in [3.05, 3.63) is 83.7 Å². The molecule has 29 heavy (non-hydrogen) atoms. The molecule has 0 spiro atoms. The Hall–Kier alpha value is -3.36. The molecule has 0 aliphatic carbocycles. The molecule has 0 aliphatic heterocycles. The lowest BCUT2D eigenvalue weighted by atomic mass is 9.99. The van der Waals surface area contributed by atoms with Crippen molar-refractivity contribution >= 4 is 11.6 Å². The van der Waals surface area contributed by atoms with Gasteiger partial charge in [0.25, 0.3) is 5.91 Å². The highest BCUT2D eigenvalue weighted by molar-refractivity contribution is 6.05. The average Bonchev–Trinajstić information content (AvgIpc) is 2.67. The molecule has 0 unspecified atom stereocenters. The number of aromatic nitrogens is 1. The van der Waals surface area contributed by atoms with E-state index in [0.29, 0.717) is 6.07 Å². The number of amides is 1. The van der Waals surface area contributed by atoms with Crippen LogP contribution in [-0.2, 0) is 12.4 Å². The first-order chi connectivity index (χ1) is 13.6. The minimum atomic E-state index is -4.74. The second-order valence-corrected chi connectivity index (χ2v) is 5.99. The van der Waals surface area contributed by atoms with Crippen LogP contribution >= 0.6 is 0 Å². The van der Waals surface area contributed by atoms with Crippen LogP contribution in [0.25, 0.3) is 11.1 Å². The van der Waals surface area contributed by atoms with Gasteiger partial charge >= 0.3 is 12.4 Å². The van der Waals surface area contributed by atoms with Crippen molar-refractivity contribution in [3.63, 3.8) is 0 Å². The predicted molar refractivity (Wildman–Crippen MR) is 94.1 cm³/mol. The molecule has 0 saturated carbocycles. The smallest absolute Gasteiger partial charge is 0.322 e. The van der Waals surface area contributed by atoms with E-state index in [-0.39, 0.29) is 16.8 Å². The Kier molecular flexibility index (Phi) is 5.32. The lowest BCUT2D eigenvalue weighted by Crippen LogP contribution is -2.19. The topological polar surface area (TPSA) is 42.0 Å². The Morgan fingerprint density at radius 3 is 2.03 bits per heavy atom. The molecule has 0 aliphatic rings. The third kappa shape index (κ3) is 4.56. The second-order valence-electron chi connectivity index (χ2n) is 5.99. The van der Waals surface area contributed by atoms with E-state index < -0.39 is 35.0 Å². The summed E-state index contributed by atoms with van der Waals surface area (Å²) in [6, 6.07) is 11.0. The number of nitrogens with one attached hydrogen (secondary N) is 1. The number of carbonyl (C=O) groups excluding carboxylic acids is 1. The fourth-order valence-electron chi connectivity index (χ4n) is 2.74. The monoisotopic (exact) mass is 410 g/mol. The van der Waals surface area contributed by atoms with Gasteiger partial charge in [0, 0.05) is 18.1 Å². The van der Waals surface area contributed by atoms with E-state index in [9.17, 15) is 31.1 Å². The van der Waals surface area contributed by atoms with Crippen molar-refractivity contribution < 1.29 is 31.1 Å². The van der Waals surface area contributed by atoms with Gasteiger partial charge in [-0.05, 0) is 35.4 Å². The summed E-state index contributed by atoms with van der Waals surface area (Å²) in [6.07, 6.45) is -7.56. The summed E-state index contributed by atoms with van der Waals surface area (Å²) in [4.78, 5) is 15.8. The van der Waals surface area contributed by atoms with Crippen molar-refractivity contribution in [2.24, 2.45) is 0 Å². The van der Waals surface area contributed by atoms with Gasteiger partial charge in [0.05, 0.1) is 16.7 Å². The molecule has 9 heteroatoms. The molecule has 0 saturated heterocycles. The summed E-state index contributed by atoms with van der Waals surface area (Å²) in [5, 5.41) is 2.29. The second kappa shape index (κ2) is 7.57. The summed E-state index contributed by atoms with van der Waals surface area (Å²) in [5.41, 5.74) is -2.30. The normalized spacial score (nSPS) is 11.9. The SMILES string of the molecule is O=C(Nc1ccc(-c2ccccc2C(F)(F)F)cc1)c1cnccc1C(F)(F)F. The Labute approximate surface area is 161 Å². The molecule has 3 rings (SSSR count). The highest BCUT2D eigenvalue weighted by atomic mass is 19.4. The van der Waals surface area contributed by atoms with E-state index in [4.69, 9.17) is 0 Å². The van der Waals surface area contributed by atoms with Crippen molar-refractivity contribution in [2.75, 3.05) is 5.32 Å². The average molecular weight is 410 g/mol. The number of benzene rings is 2. The molecule has 1 aromatic heterocycles. The number of pyridine rings is 1. The van der Waals surface area contributed by atoms with Crippen molar-refractivity contribution in [3.8, 4) is 11.1 Å². The van der Waals surface area contributed by atoms with Gasteiger partial charge in [-0.1, -0.05) is 30.3 Å². The number of alkyl halides is 6. The predicted octanol–water partition coefficient (Wildman–Crippen LogP) is 6.04. The first-order valence-electron chi connectivity index (χ1n) is 8.16. The number of nitrogens with zero attached hydrogens (tertiary/aromatic N) is 1. The molecule has 3 nitrogen and oxygen atoms in total. The van der Waals surface area contributed by atoms with Crippen molar-refractivity contribution in [1.82, 2.24) is 4.98 Å². The zero-order valence-corrected chi connectivity index (χ0v) is 14.5. The molecule has 0 bridgehead atoms. The van der Waals surface area contributed by atoms with Crippen LogP contribution < -0.4 is 5.32 Å². The lowest BCUT2D eigenvalue weighted by Gasteiger charge is -2.14. The minimum Gasteiger partial charge on any atom is -0.322 e.